The number of Topliss-reactive ketones (excluding diaryl/α,β-unsaturated/α-hetero) is 1. The molecule has 0 spiro atoms. The second kappa shape index (κ2) is 13.0. The fourth-order valence-corrected chi connectivity index (χ4v) is 3.33. The van der Waals surface area contributed by atoms with E-state index in [2.05, 4.69) is 10.3 Å². The highest BCUT2D eigenvalue weighted by Gasteiger charge is 2.22. The number of benzene rings is 2. The molecule has 0 aliphatic heterocycles. The van der Waals surface area contributed by atoms with Crippen LogP contribution in [0.5, 0.6) is 5.75 Å². The minimum atomic E-state index is -1.11. The zero-order valence-electron chi connectivity index (χ0n) is 18.6. The number of ether oxygens (including phenoxy) is 2. The molecule has 0 fully saturated rings. The Bertz CT molecular complexity index is 1050. The average molecular weight is 488 g/mol. The van der Waals surface area contributed by atoms with Crippen LogP contribution in [0.1, 0.15) is 33.2 Å². The molecule has 0 aliphatic rings. The van der Waals surface area contributed by atoms with E-state index in [1.807, 2.05) is 6.26 Å². The number of hydrogen-bond donors (Lipinski definition) is 3. The third-order valence-electron chi connectivity index (χ3n) is 4.38. The van der Waals surface area contributed by atoms with Crippen molar-refractivity contribution in [2.24, 2.45) is 10.7 Å². The lowest BCUT2D eigenvalue weighted by molar-refractivity contribution is -0.139. The molecule has 4 N–H and O–H groups in total. The maximum atomic E-state index is 12.9. The van der Waals surface area contributed by atoms with E-state index in [-0.39, 0.29) is 18.2 Å². The summed E-state index contributed by atoms with van der Waals surface area (Å²) < 4.78 is 9.78. The maximum absolute atomic E-state index is 12.9. The number of nitrogens with zero attached hydrogens (tertiary/aromatic N) is 1. The lowest BCUT2D eigenvalue weighted by Crippen LogP contribution is -2.42. The summed E-state index contributed by atoms with van der Waals surface area (Å²) in [4.78, 5) is 51.3. The first-order valence-electron chi connectivity index (χ1n) is 10.1. The third-order valence-corrected chi connectivity index (χ3v) is 5.05. The largest absolute Gasteiger partial charge is 0.482 e. The van der Waals surface area contributed by atoms with Gasteiger partial charge in [-0.05, 0) is 49.6 Å². The Morgan fingerprint density at radius 1 is 1.03 bits per heavy atom. The first-order chi connectivity index (χ1) is 16.2. The van der Waals surface area contributed by atoms with Gasteiger partial charge in [-0.3, -0.25) is 9.59 Å². The molecule has 0 heterocycles. The first-order valence-corrected chi connectivity index (χ1v) is 11.5. The number of amidine groups is 1. The number of nitrogens with one attached hydrogen (secondary N) is 1. The van der Waals surface area contributed by atoms with E-state index in [1.165, 1.54) is 60.3 Å². The zero-order chi connectivity index (χ0) is 25.1. The number of carboxylic acid groups (broad SMARTS) is 1. The fraction of sp³-hybridized carbons (Fsp3) is 0.261. The van der Waals surface area contributed by atoms with Gasteiger partial charge in [-0.1, -0.05) is 12.1 Å². The van der Waals surface area contributed by atoms with Crippen molar-refractivity contribution in [2.45, 2.75) is 13.0 Å². The number of thioether (sulfide) groups is 1. The van der Waals surface area contributed by atoms with Crippen molar-refractivity contribution in [1.82, 2.24) is 5.32 Å². The molecule has 0 bridgehead atoms. The van der Waals surface area contributed by atoms with Crippen molar-refractivity contribution < 1.29 is 33.8 Å². The summed E-state index contributed by atoms with van der Waals surface area (Å²) in [7, 11) is 0. The Hall–Kier alpha value is -3.86. The van der Waals surface area contributed by atoms with Crippen LogP contribution in [-0.4, -0.2) is 66.0 Å². The minimum absolute atomic E-state index is 0.0448. The number of hydrogen-bond acceptors (Lipinski definition) is 7. The van der Waals surface area contributed by atoms with E-state index in [9.17, 15) is 19.2 Å². The molecule has 0 aliphatic carbocycles. The molecule has 11 heteroatoms. The predicted molar refractivity (Wildman–Crippen MR) is 128 cm³/mol. The quantitative estimate of drug-likeness (QED) is 0.246. The van der Waals surface area contributed by atoms with Crippen molar-refractivity contribution in [3.05, 3.63) is 65.2 Å². The molecule has 0 radical (unpaired) electrons. The van der Waals surface area contributed by atoms with Crippen molar-refractivity contribution in [3.8, 4) is 5.75 Å². The van der Waals surface area contributed by atoms with E-state index in [4.69, 9.17) is 20.3 Å². The lowest BCUT2D eigenvalue weighted by Gasteiger charge is -2.17. The molecule has 34 heavy (non-hydrogen) atoms. The summed E-state index contributed by atoms with van der Waals surface area (Å²) >= 11 is 1.40. The molecule has 0 saturated carbocycles. The van der Waals surface area contributed by atoms with Crippen LogP contribution < -0.4 is 15.8 Å². The van der Waals surface area contributed by atoms with Gasteiger partial charge in [-0.2, -0.15) is 16.8 Å². The number of carbonyl (C=O) groups is 4. The topological polar surface area (TPSA) is 157 Å². The molecule has 2 aromatic carbocycles. The summed E-state index contributed by atoms with van der Waals surface area (Å²) in [5, 5.41) is 11.4. The average Bonchev–Trinajstić information content (AvgIpc) is 2.82. The van der Waals surface area contributed by atoms with E-state index < -0.39 is 30.6 Å². The standard InChI is InChI=1S/C23H25N3O7S/c1-3-32-23(31)26-21(24)15-4-6-16(7-5-15)22(30)25-18(13-34-2)20(29)14-8-10-17(11-9-14)33-12-19(27)28/h4-11,18H,3,12-13H2,1-2H3,(H,25,30)(H,27,28)(H2,24,26,31). The van der Waals surface area contributed by atoms with Crippen molar-refractivity contribution in [2.75, 3.05) is 25.2 Å². The van der Waals surface area contributed by atoms with Crippen LogP contribution in [0, 0.1) is 0 Å². The molecule has 10 nitrogen and oxygen atoms in total. The second-order valence-corrected chi connectivity index (χ2v) is 7.74. The summed E-state index contributed by atoms with van der Waals surface area (Å²) in [6.07, 6.45) is 1.01. The number of carbonyl (C=O) groups excluding carboxylic acids is 3. The van der Waals surface area contributed by atoms with Crippen molar-refractivity contribution >= 4 is 41.4 Å². The molecule has 1 atom stereocenters. The molecule has 180 valence electrons. The Morgan fingerprint density at radius 2 is 1.62 bits per heavy atom. The van der Waals surface area contributed by atoms with Crippen molar-refractivity contribution in [3.63, 3.8) is 0 Å². The van der Waals surface area contributed by atoms with Gasteiger partial charge in [0.2, 0.25) is 0 Å². The summed E-state index contributed by atoms with van der Waals surface area (Å²) in [5.41, 5.74) is 6.86. The highest BCUT2D eigenvalue weighted by molar-refractivity contribution is 7.98. The second-order valence-electron chi connectivity index (χ2n) is 6.83. The van der Waals surface area contributed by atoms with Crippen LogP contribution in [0.15, 0.2) is 53.5 Å². The van der Waals surface area contributed by atoms with Gasteiger partial charge in [0.15, 0.2) is 12.4 Å². The number of aliphatic imine (C=N–C) groups is 1. The Balaban J connectivity index is 2.08. The number of carboxylic acids is 1. The third kappa shape index (κ3) is 7.93. The highest BCUT2D eigenvalue weighted by atomic mass is 32.2. The Labute approximate surface area is 200 Å². The van der Waals surface area contributed by atoms with Crippen LogP contribution in [0.25, 0.3) is 0 Å². The molecule has 2 aromatic rings. The molecular formula is C23H25N3O7S. The normalized spacial score (nSPS) is 11.9. The van der Waals surface area contributed by atoms with E-state index in [0.717, 1.165) is 0 Å². The highest BCUT2D eigenvalue weighted by Crippen LogP contribution is 2.15. The van der Waals surface area contributed by atoms with Gasteiger partial charge in [0.05, 0.1) is 6.61 Å². The number of aliphatic carboxylic acids is 1. The predicted octanol–water partition coefficient (Wildman–Crippen LogP) is 2.36. The van der Waals surface area contributed by atoms with Crippen LogP contribution >= 0.6 is 11.8 Å². The van der Waals surface area contributed by atoms with Gasteiger partial charge in [-0.25, -0.2) is 9.59 Å². The van der Waals surface area contributed by atoms with E-state index in [1.54, 1.807) is 6.92 Å². The molecular weight excluding hydrogens is 462 g/mol. The molecule has 1 unspecified atom stereocenters. The first kappa shape index (κ1) is 26.4. The van der Waals surface area contributed by atoms with Crippen LogP contribution in [-0.2, 0) is 9.53 Å². The van der Waals surface area contributed by atoms with E-state index in [0.29, 0.717) is 28.2 Å². The summed E-state index contributed by atoms with van der Waals surface area (Å²) in [6.45, 7) is 1.34. The molecule has 2 amide bonds. The van der Waals surface area contributed by atoms with Gasteiger partial charge in [0, 0.05) is 22.4 Å². The van der Waals surface area contributed by atoms with Gasteiger partial charge in [0.1, 0.15) is 17.6 Å². The van der Waals surface area contributed by atoms with Gasteiger partial charge in [-0.15, -0.1) is 0 Å². The smallest absolute Gasteiger partial charge is 0.435 e. The SMILES string of the molecule is CCOC(=O)/N=C(\N)c1ccc(C(=O)NC(CSC)C(=O)c2ccc(OCC(=O)O)cc2)cc1. The summed E-state index contributed by atoms with van der Waals surface area (Å²) in [6, 6.07) is 11.3. The number of rotatable bonds is 11. The lowest BCUT2D eigenvalue weighted by atomic mass is 10.0. The molecule has 0 aromatic heterocycles. The van der Waals surface area contributed by atoms with Crippen LogP contribution in [0.2, 0.25) is 0 Å². The minimum Gasteiger partial charge on any atom is -0.482 e. The number of nitrogens with two attached hydrogens (primary N) is 1. The number of amides is 2. The summed E-state index contributed by atoms with van der Waals surface area (Å²) in [5.74, 6) is -1.24. The van der Waals surface area contributed by atoms with Gasteiger partial charge >= 0.3 is 12.1 Å². The van der Waals surface area contributed by atoms with Gasteiger partial charge < -0.3 is 25.6 Å². The van der Waals surface area contributed by atoms with Crippen molar-refractivity contribution in [1.29, 1.82) is 0 Å². The zero-order valence-corrected chi connectivity index (χ0v) is 19.5. The molecule has 2 rings (SSSR count). The van der Waals surface area contributed by atoms with Crippen LogP contribution in [0.4, 0.5) is 4.79 Å². The monoisotopic (exact) mass is 487 g/mol. The number of ketones is 1. The van der Waals surface area contributed by atoms with Gasteiger partial charge in [0.25, 0.3) is 5.91 Å². The van der Waals surface area contributed by atoms with Crippen LogP contribution in [0.3, 0.4) is 0 Å². The fourth-order valence-electron chi connectivity index (χ4n) is 2.76. The molecule has 0 saturated heterocycles. The Morgan fingerprint density at radius 3 is 2.18 bits per heavy atom. The maximum Gasteiger partial charge on any atom is 0.435 e. The van der Waals surface area contributed by atoms with E-state index >= 15 is 0 Å². The Kier molecular flexibility index (Phi) is 10.1.